The average molecular weight is 300 g/mol. The second kappa shape index (κ2) is 6.70. The van der Waals surface area contributed by atoms with Crippen LogP contribution in [0.3, 0.4) is 0 Å². The fourth-order valence-corrected chi connectivity index (χ4v) is 2.77. The van der Waals surface area contributed by atoms with E-state index in [4.69, 9.17) is 5.11 Å². The van der Waals surface area contributed by atoms with Gasteiger partial charge in [-0.3, -0.25) is 4.79 Å². The van der Waals surface area contributed by atoms with E-state index >= 15 is 0 Å². The van der Waals surface area contributed by atoms with Crippen LogP contribution in [0.5, 0.6) is 0 Å². The molecule has 1 aliphatic rings. The van der Waals surface area contributed by atoms with E-state index in [1.165, 1.54) is 31.5 Å². The van der Waals surface area contributed by atoms with Crippen molar-refractivity contribution in [2.45, 2.75) is 25.7 Å². The third-order valence-corrected chi connectivity index (χ3v) is 3.99. The number of carboxylic acid groups (broad SMARTS) is 1. The fourth-order valence-electron chi connectivity index (χ4n) is 2.77. The number of nitrogens with zero attached hydrogens (tertiary/aromatic N) is 4. The molecule has 2 heterocycles. The maximum atomic E-state index is 10.7. The van der Waals surface area contributed by atoms with Gasteiger partial charge in [-0.2, -0.15) is 0 Å². The monoisotopic (exact) mass is 300 g/mol. The van der Waals surface area contributed by atoms with Crippen molar-refractivity contribution in [3.05, 3.63) is 41.7 Å². The average Bonchev–Trinajstić information content (AvgIpc) is 3.16. The summed E-state index contributed by atoms with van der Waals surface area (Å²) >= 11 is 0. The van der Waals surface area contributed by atoms with Crippen molar-refractivity contribution in [2.24, 2.45) is 0 Å². The number of hydrogen-bond acceptors (Lipinski definition) is 4. The van der Waals surface area contributed by atoms with Gasteiger partial charge in [0.05, 0.1) is 24.0 Å². The molecule has 0 amide bonds. The van der Waals surface area contributed by atoms with Crippen molar-refractivity contribution >= 4 is 5.97 Å². The molecule has 1 aromatic carbocycles. The minimum atomic E-state index is -0.899. The van der Waals surface area contributed by atoms with E-state index in [1.54, 1.807) is 10.9 Å². The molecule has 1 saturated heterocycles. The number of carboxylic acids is 1. The molecule has 0 spiro atoms. The summed E-state index contributed by atoms with van der Waals surface area (Å²) in [5.41, 5.74) is 2.67. The van der Waals surface area contributed by atoms with Crippen LogP contribution in [0.4, 0.5) is 0 Å². The Morgan fingerprint density at radius 1 is 1.18 bits per heavy atom. The summed E-state index contributed by atoms with van der Waals surface area (Å²) in [6.07, 6.45) is 5.26. The number of rotatable bonds is 6. The highest BCUT2D eigenvalue weighted by Gasteiger charge is 2.11. The first-order valence-electron chi connectivity index (χ1n) is 7.65. The van der Waals surface area contributed by atoms with Gasteiger partial charge in [0.1, 0.15) is 0 Å². The highest BCUT2D eigenvalue weighted by atomic mass is 16.4. The molecule has 0 bridgehead atoms. The maximum absolute atomic E-state index is 10.7. The second-order valence-electron chi connectivity index (χ2n) is 5.69. The topological polar surface area (TPSA) is 71.2 Å². The minimum absolute atomic E-state index is 0.103. The first kappa shape index (κ1) is 14.7. The van der Waals surface area contributed by atoms with Crippen LogP contribution in [0.2, 0.25) is 0 Å². The molecule has 0 atom stereocenters. The van der Waals surface area contributed by atoms with Gasteiger partial charge in [0.2, 0.25) is 0 Å². The number of carbonyl (C=O) groups is 1. The zero-order chi connectivity index (χ0) is 15.4. The number of aromatic nitrogens is 3. The van der Waals surface area contributed by atoms with Crippen LogP contribution in [0.15, 0.2) is 30.5 Å². The summed E-state index contributed by atoms with van der Waals surface area (Å²) in [6, 6.07) is 8.20. The van der Waals surface area contributed by atoms with Gasteiger partial charge in [0.15, 0.2) is 0 Å². The smallest absolute Gasteiger partial charge is 0.309 e. The lowest BCUT2D eigenvalue weighted by molar-refractivity contribution is -0.136. The Morgan fingerprint density at radius 3 is 2.59 bits per heavy atom. The highest BCUT2D eigenvalue weighted by Crippen LogP contribution is 2.12. The molecule has 0 saturated carbocycles. The van der Waals surface area contributed by atoms with Gasteiger partial charge in [-0.15, -0.1) is 5.10 Å². The molecule has 22 heavy (non-hydrogen) atoms. The lowest BCUT2D eigenvalue weighted by atomic mass is 10.1. The van der Waals surface area contributed by atoms with Gasteiger partial charge in [0.25, 0.3) is 0 Å². The summed E-state index contributed by atoms with van der Waals surface area (Å²) in [6.45, 7) is 3.57. The Hall–Kier alpha value is -2.21. The van der Waals surface area contributed by atoms with E-state index in [-0.39, 0.29) is 6.42 Å². The van der Waals surface area contributed by atoms with Gasteiger partial charge < -0.3 is 10.0 Å². The van der Waals surface area contributed by atoms with Gasteiger partial charge in [-0.25, -0.2) is 4.68 Å². The molecule has 116 valence electrons. The van der Waals surface area contributed by atoms with E-state index in [9.17, 15) is 4.79 Å². The molecular weight excluding hydrogens is 280 g/mol. The highest BCUT2D eigenvalue weighted by molar-refractivity contribution is 5.69. The fraction of sp³-hybridized carbons (Fsp3) is 0.438. The zero-order valence-electron chi connectivity index (χ0n) is 12.5. The summed E-state index contributed by atoms with van der Waals surface area (Å²) in [5, 5.41) is 16.6. The van der Waals surface area contributed by atoms with Crippen LogP contribution in [-0.4, -0.2) is 50.6 Å². The summed E-state index contributed by atoms with van der Waals surface area (Å²) in [4.78, 5) is 13.2. The number of aliphatic carboxylic acids is 1. The third-order valence-electron chi connectivity index (χ3n) is 3.99. The first-order chi connectivity index (χ1) is 10.7. The molecule has 2 aromatic rings. The summed E-state index contributed by atoms with van der Waals surface area (Å²) < 4.78 is 1.61. The van der Waals surface area contributed by atoms with Crippen LogP contribution >= 0.6 is 0 Å². The molecule has 6 heteroatoms. The lowest BCUT2D eigenvalue weighted by Gasteiger charge is -2.14. The number of hydrogen-bond donors (Lipinski definition) is 1. The molecular formula is C16H20N4O2. The quantitative estimate of drug-likeness (QED) is 0.876. The molecule has 6 nitrogen and oxygen atoms in total. The predicted molar refractivity (Wildman–Crippen MR) is 82.1 cm³/mol. The predicted octanol–water partition coefficient (Wildman–Crippen LogP) is 1.53. The Labute approximate surface area is 129 Å². The van der Waals surface area contributed by atoms with E-state index in [2.05, 4.69) is 27.3 Å². The minimum Gasteiger partial charge on any atom is -0.481 e. The molecule has 1 N–H and O–H groups in total. The van der Waals surface area contributed by atoms with Crippen molar-refractivity contribution in [2.75, 3.05) is 19.6 Å². The largest absolute Gasteiger partial charge is 0.481 e. The van der Waals surface area contributed by atoms with Crippen molar-refractivity contribution in [3.63, 3.8) is 0 Å². The van der Waals surface area contributed by atoms with Crippen LogP contribution < -0.4 is 0 Å². The second-order valence-corrected chi connectivity index (χ2v) is 5.69. The van der Waals surface area contributed by atoms with Crippen LogP contribution in [-0.2, 0) is 17.6 Å². The molecule has 0 aliphatic carbocycles. The van der Waals surface area contributed by atoms with Crippen molar-refractivity contribution in [1.82, 2.24) is 19.9 Å². The van der Waals surface area contributed by atoms with Crippen LogP contribution in [0.1, 0.15) is 24.1 Å². The standard InChI is InChI=1S/C16H20N4O2/c21-16(22)11-14-12-20(18-17-14)15-5-3-13(4-6-15)7-10-19-8-1-2-9-19/h3-6,12H,1-2,7-11H2,(H,21,22). The van der Waals surface area contributed by atoms with E-state index < -0.39 is 5.97 Å². The summed E-state index contributed by atoms with van der Waals surface area (Å²) in [7, 11) is 0. The first-order valence-corrected chi connectivity index (χ1v) is 7.65. The molecule has 1 aliphatic heterocycles. The third kappa shape index (κ3) is 3.71. The zero-order valence-corrected chi connectivity index (χ0v) is 12.5. The van der Waals surface area contributed by atoms with Crippen LogP contribution in [0.25, 0.3) is 5.69 Å². The number of likely N-dealkylation sites (tertiary alicyclic amines) is 1. The SMILES string of the molecule is O=C(O)Cc1cn(-c2ccc(CCN3CCCC3)cc2)nn1. The molecule has 3 rings (SSSR count). The molecule has 0 unspecified atom stereocenters. The van der Waals surface area contributed by atoms with E-state index in [0.29, 0.717) is 5.69 Å². The Balaban J connectivity index is 1.60. The normalized spacial score (nSPS) is 15.3. The Morgan fingerprint density at radius 2 is 1.91 bits per heavy atom. The molecule has 0 radical (unpaired) electrons. The Bertz CT molecular complexity index is 630. The van der Waals surface area contributed by atoms with Gasteiger partial charge >= 0.3 is 5.97 Å². The molecule has 1 fully saturated rings. The van der Waals surface area contributed by atoms with E-state index in [0.717, 1.165) is 18.7 Å². The van der Waals surface area contributed by atoms with Crippen molar-refractivity contribution < 1.29 is 9.90 Å². The van der Waals surface area contributed by atoms with Crippen LogP contribution in [0, 0.1) is 0 Å². The van der Waals surface area contributed by atoms with Crippen molar-refractivity contribution in [1.29, 1.82) is 0 Å². The van der Waals surface area contributed by atoms with E-state index in [1.807, 2.05) is 12.1 Å². The number of benzene rings is 1. The summed E-state index contributed by atoms with van der Waals surface area (Å²) in [5.74, 6) is -0.899. The lowest BCUT2D eigenvalue weighted by Crippen LogP contribution is -2.21. The van der Waals surface area contributed by atoms with Gasteiger partial charge in [-0.05, 0) is 50.0 Å². The van der Waals surface area contributed by atoms with Crippen molar-refractivity contribution in [3.8, 4) is 5.69 Å². The van der Waals surface area contributed by atoms with Gasteiger partial charge in [0, 0.05) is 6.54 Å². The van der Waals surface area contributed by atoms with Gasteiger partial charge in [-0.1, -0.05) is 17.3 Å². The molecule has 1 aromatic heterocycles. The maximum Gasteiger partial charge on any atom is 0.309 e. The Kier molecular flexibility index (Phi) is 4.48.